The molecule has 12 aromatic rings. The van der Waals surface area contributed by atoms with E-state index >= 15 is 0 Å². The van der Waals surface area contributed by atoms with Crippen LogP contribution in [-0.4, -0.2) is 4.57 Å². The Kier molecular flexibility index (Phi) is 8.83. The highest BCUT2D eigenvalue weighted by atomic mass is 16.3. The van der Waals surface area contributed by atoms with Crippen LogP contribution in [0.25, 0.3) is 93.9 Å². The molecule has 0 fully saturated rings. The Morgan fingerprint density at radius 1 is 0.317 bits per heavy atom. The van der Waals surface area contributed by atoms with Gasteiger partial charge >= 0.3 is 0 Å². The molecule has 0 saturated carbocycles. The molecule has 2 heterocycles. The molecule has 0 radical (unpaired) electrons. The molecule has 0 amide bonds. The minimum Gasteiger partial charge on any atom is -0.455 e. The lowest BCUT2D eigenvalue weighted by Gasteiger charge is -2.26. The molecule has 63 heavy (non-hydrogen) atoms. The van der Waals surface area contributed by atoms with Gasteiger partial charge in [0.05, 0.1) is 11.0 Å². The van der Waals surface area contributed by atoms with Crippen molar-refractivity contribution in [2.75, 3.05) is 4.90 Å². The maximum atomic E-state index is 6.49. The zero-order valence-electron chi connectivity index (χ0n) is 34.4. The zero-order valence-corrected chi connectivity index (χ0v) is 34.4. The van der Waals surface area contributed by atoms with Crippen molar-refractivity contribution in [3.8, 4) is 50.2 Å². The summed E-state index contributed by atoms with van der Waals surface area (Å²) < 4.78 is 8.89. The Labute approximate surface area is 366 Å². The Balaban J connectivity index is 1.04. The highest BCUT2D eigenvalue weighted by molar-refractivity contribution is 6.10. The van der Waals surface area contributed by atoms with Crippen molar-refractivity contribution in [1.82, 2.24) is 4.57 Å². The Morgan fingerprint density at radius 3 is 1.49 bits per heavy atom. The van der Waals surface area contributed by atoms with E-state index in [2.05, 4.69) is 240 Å². The first kappa shape index (κ1) is 36.5. The summed E-state index contributed by atoms with van der Waals surface area (Å²) in [5.41, 5.74) is 17.7. The van der Waals surface area contributed by atoms with Crippen LogP contribution in [0, 0.1) is 0 Å². The number of aromatic nitrogens is 1. The summed E-state index contributed by atoms with van der Waals surface area (Å²) in [6.07, 6.45) is 0. The largest absolute Gasteiger partial charge is 0.455 e. The smallest absolute Gasteiger partial charge is 0.143 e. The molecule has 3 nitrogen and oxygen atoms in total. The maximum absolute atomic E-state index is 6.49. The Bertz CT molecular complexity index is 3530. The quantitative estimate of drug-likeness (QED) is 0.153. The second kappa shape index (κ2) is 15.3. The summed E-state index contributed by atoms with van der Waals surface area (Å²) in [6.45, 7) is 0. The van der Waals surface area contributed by atoms with Crippen molar-refractivity contribution < 1.29 is 4.42 Å². The van der Waals surface area contributed by atoms with Gasteiger partial charge in [-0.15, -0.1) is 0 Å². The van der Waals surface area contributed by atoms with E-state index in [1.54, 1.807) is 0 Å². The lowest BCUT2D eigenvalue weighted by Crippen LogP contribution is -2.09. The van der Waals surface area contributed by atoms with E-state index in [-0.39, 0.29) is 0 Å². The van der Waals surface area contributed by atoms with Crippen LogP contribution in [-0.2, 0) is 0 Å². The molecule has 296 valence electrons. The fourth-order valence-corrected chi connectivity index (χ4v) is 9.56. The number of hydrogen-bond acceptors (Lipinski definition) is 2. The van der Waals surface area contributed by atoms with Crippen LogP contribution in [0.5, 0.6) is 0 Å². The summed E-state index contributed by atoms with van der Waals surface area (Å²) in [5, 5.41) is 4.76. The number of para-hydroxylation sites is 6. The maximum Gasteiger partial charge on any atom is 0.143 e. The van der Waals surface area contributed by atoms with Crippen molar-refractivity contribution in [3.05, 3.63) is 243 Å². The summed E-state index contributed by atoms with van der Waals surface area (Å²) in [5.74, 6) is 0. The summed E-state index contributed by atoms with van der Waals surface area (Å²) in [7, 11) is 0. The zero-order chi connectivity index (χ0) is 41.7. The van der Waals surface area contributed by atoms with Gasteiger partial charge in [0.15, 0.2) is 0 Å². The molecule has 10 aromatic carbocycles. The van der Waals surface area contributed by atoms with E-state index in [0.29, 0.717) is 0 Å². The summed E-state index contributed by atoms with van der Waals surface area (Å²) in [4.78, 5) is 2.33. The molecule has 0 aliphatic carbocycles. The van der Waals surface area contributed by atoms with Crippen molar-refractivity contribution in [2.24, 2.45) is 0 Å². The van der Waals surface area contributed by atoms with Gasteiger partial charge in [0.2, 0.25) is 0 Å². The third kappa shape index (κ3) is 6.29. The lowest BCUT2D eigenvalue weighted by atomic mass is 9.86. The molecular weight excluding hydrogens is 765 g/mol. The Morgan fingerprint density at radius 2 is 0.810 bits per heavy atom. The van der Waals surface area contributed by atoms with Crippen LogP contribution in [0.3, 0.4) is 0 Å². The normalized spacial score (nSPS) is 11.5. The minimum absolute atomic E-state index is 0.901. The third-order valence-corrected chi connectivity index (χ3v) is 12.4. The molecule has 0 aliphatic heterocycles. The average molecular weight is 805 g/mol. The lowest BCUT2D eigenvalue weighted by molar-refractivity contribution is 0.670. The Hall–Kier alpha value is -8.40. The highest BCUT2D eigenvalue weighted by Crippen LogP contribution is 2.45. The van der Waals surface area contributed by atoms with Crippen LogP contribution in [0.15, 0.2) is 247 Å². The molecule has 0 bridgehead atoms. The number of hydrogen-bond donors (Lipinski definition) is 0. The second-order valence-corrected chi connectivity index (χ2v) is 16.1. The molecule has 12 rings (SSSR count). The predicted molar refractivity (Wildman–Crippen MR) is 264 cm³/mol. The van der Waals surface area contributed by atoms with Crippen molar-refractivity contribution >= 4 is 60.8 Å². The van der Waals surface area contributed by atoms with Crippen LogP contribution < -0.4 is 4.90 Å². The molecule has 0 saturated heterocycles. The number of benzene rings is 10. The van der Waals surface area contributed by atoms with Crippen LogP contribution in [0.4, 0.5) is 17.1 Å². The molecule has 0 aliphatic rings. The van der Waals surface area contributed by atoms with Gasteiger partial charge in [-0.25, -0.2) is 0 Å². The molecule has 0 unspecified atom stereocenters. The summed E-state index contributed by atoms with van der Waals surface area (Å²) >= 11 is 0. The first-order valence-electron chi connectivity index (χ1n) is 21.5. The summed E-state index contributed by atoms with van der Waals surface area (Å²) in [6, 6.07) is 87.1. The number of rotatable bonds is 8. The monoisotopic (exact) mass is 804 g/mol. The SMILES string of the molecule is c1ccc(N(c2ccccc2)c2cccc(-c3cccc(-c4cccc(-n5c6ccccc6c6ccccc65)c4)c3-c3ccc(-c4cccc5c4oc4ccccc45)cc3)c2)cc1. The van der Waals surface area contributed by atoms with Crippen molar-refractivity contribution in [1.29, 1.82) is 0 Å². The number of fused-ring (bicyclic) bond motifs is 6. The second-order valence-electron chi connectivity index (χ2n) is 16.1. The van der Waals surface area contributed by atoms with E-state index in [1.807, 2.05) is 12.1 Å². The standard InChI is InChI=1S/C60H40N2O/c1-3-19-45(20-4-1)61(46-21-5-2-6-22-46)47-23-13-17-43(39-47)49-28-15-29-50(44-18-14-24-48(40-44)62-56-32-10-7-25-52(56)53-26-8-11-33-57(53)62)59(49)42-37-35-41(36-38-42)51-30-16-31-55-54-27-9-12-34-58(54)63-60(51)55/h1-40H. The topological polar surface area (TPSA) is 21.3 Å². The molecule has 3 heteroatoms. The first-order chi connectivity index (χ1) is 31.3. The molecule has 2 aromatic heterocycles. The van der Waals surface area contributed by atoms with Crippen LogP contribution in [0.2, 0.25) is 0 Å². The van der Waals surface area contributed by atoms with E-state index < -0.39 is 0 Å². The minimum atomic E-state index is 0.901. The third-order valence-electron chi connectivity index (χ3n) is 12.4. The first-order valence-corrected chi connectivity index (χ1v) is 21.5. The van der Waals surface area contributed by atoms with Gasteiger partial charge in [-0.05, 0) is 106 Å². The predicted octanol–water partition coefficient (Wildman–Crippen LogP) is 16.8. The highest BCUT2D eigenvalue weighted by Gasteiger charge is 2.20. The van der Waals surface area contributed by atoms with Gasteiger partial charge in [-0.3, -0.25) is 0 Å². The van der Waals surface area contributed by atoms with Gasteiger partial charge in [0, 0.05) is 49.9 Å². The van der Waals surface area contributed by atoms with Gasteiger partial charge in [-0.1, -0.05) is 176 Å². The van der Waals surface area contributed by atoms with Crippen LogP contribution >= 0.6 is 0 Å². The molecular formula is C60H40N2O. The van der Waals surface area contributed by atoms with E-state index in [1.165, 1.54) is 27.4 Å². The molecule has 0 spiro atoms. The van der Waals surface area contributed by atoms with E-state index in [9.17, 15) is 0 Å². The van der Waals surface area contributed by atoms with Gasteiger partial charge in [0.1, 0.15) is 11.2 Å². The van der Waals surface area contributed by atoms with E-state index in [0.717, 1.165) is 83.6 Å². The number of nitrogens with zero attached hydrogens (tertiary/aromatic N) is 2. The van der Waals surface area contributed by atoms with Crippen molar-refractivity contribution in [2.45, 2.75) is 0 Å². The van der Waals surface area contributed by atoms with E-state index in [4.69, 9.17) is 4.42 Å². The number of furan rings is 1. The average Bonchev–Trinajstić information content (AvgIpc) is 3.91. The molecule has 0 atom stereocenters. The fourth-order valence-electron chi connectivity index (χ4n) is 9.56. The van der Waals surface area contributed by atoms with Gasteiger partial charge in [-0.2, -0.15) is 0 Å². The van der Waals surface area contributed by atoms with Crippen molar-refractivity contribution in [3.63, 3.8) is 0 Å². The fraction of sp³-hybridized carbons (Fsp3) is 0. The molecule has 0 N–H and O–H groups in total. The number of anilines is 3. The van der Waals surface area contributed by atoms with Crippen LogP contribution in [0.1, 0.15) is 0 Å². The van der Waals surface area contributed by atoms with Gasteiger partial charge < -0.3 is 13.9 Å². The van der Waals surface area contributed by atoms with Gasteiger partial charge in [0.25, 0.3) is 0 Å².